The smallest absolute Gasteiger partial charge is 0.237 e. The zero-order valence-electron chi connectivity index (χ0n) is 12.9. The van der Waals surface area contributed by atoms with Gasteiger partial charge < -0.3 is 20.5 Å². The maximum atomic E-state index is 11.7. The molecule has 3 N–H and O–H groups in total. The summed E-state index contributed by atoms with van der Waals surface area (Å²) < 4.78 is 11.1. The summed E-state index contributed by atoms with van der Waals surface area (Å²) >= 11 is 0. The van der Waals surface area contributed by atoms with Gasteiger partial charge in [-0.05, 0) is 44.4 Å². The molecule has 1 unspecified atom stereocenters. The van der Waals surface area contributed by atoms with E-state index in [-0.39, 0.29) is 5.91 Å². The van der Waals surface area contributed by atoms with Gasteiger partial charge in [-0.1, -0.05) is 6.07 Å². The fraction of sp³-hybridized carbons (Fsp3) is 0.562. The summed E-state index contributed by atoms with van der Waals surface area (Å²) in [5.41, 5.74) is 5.91. The third-order valence-electron chi connectivity index (χ3n) is 3.82. The zero-order valence-corrected chi connectivity index (χ0v) is 12.9. The maximum Gasteiger partial charge on any atom is 0.237 e. The molecule has 21 heavy (non-hydrogen) atoms. The van der Waals surface area contributed by atoms with Crippen LogP contribution in [-0.4, -0.2) is 31.2 Å². The van der Waals surface area contributed by atoms with E-state index in [0.29, 0.717) is 30.6 Å². The lowest BCUT2D eigenvalue weighted by Crippen LogP contribution is -2.54. The van der Waals surface area contributed by atoms with E-state index >= 15 is 0 Å². The average molecular weight is 292 g/mol. The van der Waals surface area contributed by atoms with E-state index in [1.807, 2.05) is 32.0 Å². The quantitative estimate of drug-likeness (QED) is 0.766. The van der Waals surface area contributed by atoms with Crippen LogP contribution in [0.4, 0.5) is 0 Å². The molecule has 1 fully saturated rings. The number of benzene rings is 1. The van der Waals surface area contributed by atoms with E-state index in [1.54, 1.807) is 7.11 Å². The molecule has 0 aliphatic heterocycles. The van der Waals surface area contributed by atoms with Gasteiger partial charge in [0.05, 0.1) is 19.3 Å². The molecule has 1 amide bonds. The van der Waals surface area contributed by atoms with E-state index in [9.17, 15) is 4.79 Å². The molecule has 1 aromatic carbocycles. The molecule has 5 heteroatoms. The number of aryl methyl sites for hydroxylation is 1. The number of amides is 1. The van der Waals surface area contributed by atoms with Gasteiger partial charge in [-0.3, -0.25) is 4.79 Å². The molecular weight excluding hydrogens is 268 g/mol. The molecule has 0 aromatic heterocycles. The zero-order chi connectivity index (χ0) is 15.5. The number of rotatable bonds is 8. The van der Waals surface area contributed by atoms with Gasteiger partial charge in [0, 0.05) is 12.5 Å². The Bertz CT molecular complexity index is 514. The van der Waals surface area contributed by atoms with Crippen LogP contribution in [-0.2, 0) is 4.79 Å². The Morgan fingerprint density at radius 2 is 2.14 bits per heavy atom. The summed E-state index contributed by atoms with van der Waals surface area (Å²) in [5, 5.41) is 3.30. The second-order valence-corrected chi connectivity index (χ2v) is 5.87. The van der Waals surface area contributed by atoms with Crippen LogP contribution >= 0.6 is 0 Å². The van der Waals surface area contributed by atoms with Crippen molar-refractivity contribution in [2.24, 2.45) is 5.73 Å². The molecule has 116 valence electrons. The molecule has 1 atom stereocenters. The van der Waals surface area contributed by atoms with E-state index in [0.717, 1.165) is 18.4 Å². The number of methoxy groups -OCH3 is 1. The molecule has 1 aliphatic rings. The van der Waals surface area contributed by atoms with E-state index in [1.165, 1.54) is 0 Å². The van der Waals surface area contributed by atoms with Gasteiger partial charge in [-0.25, -0.2) is 0 Å². The summed E-state index contributed by atoms with van der Waals surface area (Å²) in [5.74, 6) is 1.04. The molecule has 0 saturated heterocycles. The Morgan fingerprint density at radius 1 is 1.43 bits per heavy atom. The second-order valence-electron chi connectivity index (χ2n) is 5.87. The minimum absolute atomic E-state index is 0.339. The summed E-state index contributed by atoms with van der Waals surface area (Å²) in [6.07, 6.45) is 2.74. The van der Waals surface area contributed by atoms with E-state index in [2.05, 4.69) is 5.32 Å². The fourth-order valence-corrected chi connectivity index (χ4v) is 2.20. The highest BCUT2D eigenvalue weighted by Gasteiger charge is 2.36. The molecule has 1 saturated carbocycles. The molecule has 0 bridgehead atoms. The third kappa shape index (κ3) is 4.11. The lowest BCUT2D eigenvalue weighted by Gasteiger charge is -2.27. The van der Waals surface area contributed by atoms with Crippen molar-refractivity contribution in [3.8, 4) is 11.5 Å². The summed E-state index contributed by atoms with van der Waals surface area (Å²) in [6, 6.07) is 6.18. The number of hydrogen-bond donors (Lipinski definition) is 2. The Balaban J connectivity index is 1.94. The monoisotopic (exact) mass is 292 g/mol. The molecule has 2 rings (SSSR count). The maximum absolute atomic E-state index is 11.7. The number of carbonyl (C=O) groups excluding carboxylic acids is 1. The molecule has 1 aromatic rings. The first-order chi connectivity index (χ1) is 9.94. The summed E-state index contributed by atoms with van der Waals surface area (Å²) in [7, 11) is 1.61. The second kappa shape index (κ2) is 6.35. The SMILES string of the molecule is COc1cc(C)ccc1OCCC(C)(NC1CC1)C(N)=O. The first kappa shape index (κ1) is 15.6. The fourth-order valence-electron chi connectivity index (χ4n) is 2.20. The van der Waals surface area contributed by atoms with Crippen LogP contribution < -0.4 is 20.5 Å². The van der Waals surface area contributed by atoms with Gasteiger partial charge in [0.15, 0.2) is 11.5 Å². The predicted molar refractivity (Wildman–Crippen MR) is 81.6 cm³/mol. The van der Waals surface area contributed by atoms with Crippen molar-refractivity contribution < 1.29 is 14.3 Å². The normalized spacial score (nSPS) is 17.1. The van der Waals surface area contributed by atoms with E-state index in [4.69, 9.17) is 15.2 Å². The predicted octanol–water partition coefficient (Wildman–Crippen LogP) is 1.77. The van der Waals surface area contributed by atoms with E-state index < -0.39 is 5.54 Å². The topological polar surface area (TPSA) is 73.6 Å². The molecule has 1 aliphatic carbocycles. The highest BCUT2D eigenvalue weighted by atomic mass is 16.5. The number of nitrogens with one attached hydrogen (secondary N) is 1. The minimum Gasteiger partial charge on any atom is -0.493 e. The van der Waals surface area contributed by atoms with Crippen LogP contribution in [0.5, 0.6) is 11.5 Å². The van der Waals surface area contributed by atoms with Crippen molar-refractivity contribution in [3.05, 3.63) is 23.8 Å². The van der Waals surface area contributed by atoms with Crippen LogP contribution in [0.25, 0.3) is 0 Å². The first-order valence-electron chi connectivity index (χ1n) is 7.29. The molecule has 0 radical (unpaired) electrons. The lowest BCUT2D eigenvalue weighted by atomic mass is 9.97. The van der Waals surface area contributed by atoms with Gasteiger partial charge in [0.2, 0.25) is 5.91 Å². The van der Waals surface area contributed by atoms with Gasteiger partial charge in [0.1, 0.15) is 0 Å². The Hall–Kier alpha value is -1.75. The Labute approximate surface area is 125 Å². The van der Waals surface area contributed by atoms with Gasteiger partial charge in [-0.2, -0.15) is 0 Å². The van der Waals surface area contributed by atoms with Gasteiger partial charge >= 0.3 is 0 Å². The largest absolute Gasteiger partial charge is 0.493 e. The standard InChI is InChI=1S/C16H24N2O3/c1-11-4-7-13(14(10-11)20-3)21-9-8-16(2,15(17)19)18-12-5-6-12/h4,7,10,12,18H,5-6,8-9H2,1-3H3,(H2,17,19). The average Bonchev–Trinajstić information content (AvgIpc) is 3.24. The van der Waals surface area contributed by atoms with Crippen molar-refractivity contribution >= 4 is 5.91 Å². The van der Waals surface area contributed by atoms with Crippen molar-refractivity contribution in [3.63, 3.8) is 0 Å². The Kier molecular flexibility index (Phi) is 4.73. The van der Waals surface area contributed by atoms with Crippen molar-refractivity contribution in [2.75, 3.05) is 13.7 Å². The highest BCUT2D eigenvalue weighted by Crippen LogP contribution is 2.29. The van der Waals surface area contributed by atoms with Gasteiger partial charge in [0.25, 0.3) is 0 Å². The molecule has 5 nitrogen and oxygen atoms in total. The van der Waals surface area contributed by atoms with Crippen LogP contribution in [0.3, 0.4) is 0 Å². The number of nitrogens with two attached hydrogens (primary N) is 1. The minimum atomic E-state index is -0.723. The number of ether oxygens (including phenoxy) is 2. The number of primary amides is 1. The summed E-state index contributed by atoms with van der Waals surface area (Å²) in [6.45, 7) is 4.23. The van der Waals surface area contributed by atoms with Crippen LogP contribution in [0.15, 0.2) is 18.2 Å². The van der Waals surface area contributed by atoms with Crippen molar-refractivity contribution in [1.82, 2.24) is 5.32 Å². The third-order valence-corrected chi connectivity index (χ3v) is 3.82. The molecular formula is C16H24N2O3. The van der Waals surface area contributed by atoms with Gasteiger partial charge in [-0.15, -0.1) is 0 Å². The number of hydrogen-bond acceptors (Lipinski definition) is 4. The highest BCUT2D eigenvalue weighted by molar-refractivity contribution is 5.84. The summed E-state index contributed by atoms with van der Waals surface area (Å²) in [4.78, 5) is 11.7. The van der Waals surface area contributed by atoms with Crippen LogP contribution in [0.2, 0.25) is 0 Å². The number of carbonyl (C=O) groups is 1. The lowest BCUT2D eigenvalue weighted by molar-refractivity contribution is -0.124. The van der Waals surface area contributed by atoms with Crippen molar-refractivity contribution in [2.45, 2.75) is 44.7 Å². The van der Waals surface area contributed by atoms with Crippen molar-refractivity contribution in [1.29, 1.82) is 0 Å². The van der Waals surface area contributed by atoms with Crippen LogP contribution in [0, 0.1) is 6.92 Å². The Morgan fingerprint density at radius 3 is 2.71 bits per heavy atom. The molecule has 0 heterocycles. The van der Waals surface area contributed by atoms with Crippen LogP contribution in [0.1, 0.15) is 31.7 Å². The first-order valence-corrected chi connectivity index (χ1v) is 7.29. The molecule has 0 spiro atoms.